The molecule has 0 amide bonds. The zero-order chi connectivity index (χ0) is 32.8. The van der Waals surface area contributed by atoms with Gasteiger partial charge in [-0.25, -0.2) is 0 Å². The van der Waals surface area contributed by atoms with Crippen molar-refractivity contribution in [2.45, 2.75) is 44.3 Å². The molecule has 0 aliphatic carbocycles. The summed E-state index contributed by atoms with van der Waals surface area (Å²) in [4.78, 5) is 3.31. The summed E-state index contributed by atoms with van der Waals surface area (Å²) in [6.45, 7) is 2.08. The summed E-state index contributed by atoms with van der Waals surface area (Å²) in [7, 11) is -5.84. The number of fused-ring (bicyclic) bond motifs is 10. The van der Waals surface area contributed by atoms with Gasteiger partial charge < -0.3 is 4.98 Å². The molecule has 0 bridgehead atoms. The van der Waals surface area contributed by atoms with Gasteiger partial charge in [0.2, 0.25) is 16.9 Å². The minimum Gasteiger partial charge on any atom is -0.361 e. The number of nitrogens with one attached hydrogen (secondary N) is 1. The van der Waals surface area contributed by atoms with Crippen LogP contribution in [0.3, 0.4) is 0 Å². The number of para-hydroxylation sites is 1. The highest BCUT2D eigenvalue weighted by atomic mass is 32.2. The average molecular weight is 656 g/mol. The van der Waals surface area contributed by atoms with Crippen molar-refractivity contribution in [1.29, 1.82) is 0 Å². The number of pyridine rings is 2. The second-order valence-electron chi connectivity index (χ2n) is 11.9. The van der Waals surface area contributed by atoms with E-state index in [9.17, 15) is 13.2 Å². The Labute approximate surface area is 270 Å². The molecule has 47 heavy (non-hydrogen) atoms. The van der Waals surface area contributed by atoms with E-state index in [1.54, 1.807) is 0 Å². The Bertz CT molecular complexity index is 2290. The van der Waals surface area contributed by atoms with Crippen LogP contribution in [0.25, 0.3) is 56.5 Å². The van der Waals surface area contributed by atoms with Crippen LogP contribution in [0.1, 0.15) is 35.1 Å². The standard InChI is InChI=1S/C36H30N3.CHF3O3S/c1-2-10-32-29(7-1)24-30(14-12-25-13-17-31-28(23-25)18-19-37-31)36-35-27(9-6-22-39(32)36)16-15-26-8-5-21-38-20-4-3-11-33(38)34(26)35;2-1(3,4)8(5,6)7/h1-4,7,10-20,23-24H,5-6,8-9,21-22H2;(H,5,6,7)/q+1;/p+1. The first kappa shape index (κ1) is 30.8. The largest absolute Gasteiger partial charge is 0.522 e. The van der Waals surface area contributed by atoms with E-state index >= 15 is 0 Å². The second-order valence-corrected chi connectivity index (χ2v) is 13.3. The van der Waals surface area contributed by atoms with Crippen LogP contribution in [0.15, 0.2) is 97.3 Å². The molecule has 5 heterocycles. The van der Waals surface area contributed by atoms with Crippen LogP contribution >= 0.6 is 0 Å². The van der Waals surface area contributed by atoms with Gasteiger partial charge in [-0.1, -0.05) is 36.4 Å². The number of aryl methyl sites for hydroxylation is 4. The Kier molecular flexibility index (Phi) is 7.93. The fourth-order valence-corrected chi connectivity index (χ4v) is 6.80. The predicted octanol–water partition coefficient (Wildman–Crippen LogP) is 7.69. The third kappa shape index (κ3) is 5.94. The van der Waals surface area contributed by atoms with Gasteiger partial charge >= 0.3 is 15.6 Å². The molecule has 10 heteroatoms. The van der Waals surface area contributed by atoms with Crippen molar-refractivity contribution in [3.63, 3.8) is 0 Å². The molecule has 0 unspecified atom stereocenters. The van der Waals surface area contributed by atoms with Crippen LogP contribution in [-0.2, 0) is 36.0 Å². The van der Waals surface area contributed by atoms with Crippen molar-refractivity contribution < 1.29 is 35.3 Å². The van der Waals surface area contributed by atoms with E-state index in [0.717, 1.165) is 32.4 Å². The van der Waals surface area contributed by atoms with Gasteiger partial charge in [-0.2, -0.15) is 30.7 Å². The number of benzene rings is 3. The summed E-state index contributed by atoms with van der Waals surface area (Å²) in [5.41, 5.74) is 7.96. The molecule has 6 aromatic rings. The van der Waals surface area contributed by atoms with Crippen LogP contribution in [0.2, 0.25) is 0 Å². The Balaban J connectivity index is 0.000000393. The van der Waals surface area contributed by atoms with Crippen LogP contribution < -0.4 is 9.13 Å². The number of aromatic nitrogens is 3. The lowest BCUT2D eigenvalue weighted by Crippen LogP contribution is -2.38. The maximum Gasteiger partial charge on any atom is 0.522 e. The topological polar surface area (TPSA) is 77.9 Å². The van der Waals surface area contributed by atoms with Crippen LogP contribution in [0.4, 0.5) is 13.2 Å². The fourth-order valence-electron chi connectivity index (χ4n) is 6.80. The number of aromatic amines is 1. The summed E-state index contributed by atoms with van der Waals surface area (Å²) in [6.07, 6.45) is 13.4. The Morgan fingerprint density at radius 3 is 2.30 bits per heavy atom. The number of nitrogens with zero attached hydrogens (tertiary/aromatic N) is 2. The minimum absolute atomic E-state index is 1.02. The van der Waals surface area contributed by atoms with Gasteiger partial charge in [-0.05, 0) is 77.4 Å². The molecule has 0 spiro atoms. The lowest BCUT2D eigenvalue weighted by molar-refractivity contribution is -0.686. The maximum atomic E-state index is 10.7. The van der Waals surface area contributed by atoms with Crippen LogP contribution in [0.5, 0.6) is 0 Å². The molecule has 0 saturated carbocycles. The van der Waals surface area contributed by atoms with Crippen molar-refractivity contribution in [1.82, 2.24) is 4.98 Å². The zero-order valence-electron chi connectivity index (χ0n) is 25.3. The maximum absolute atomic E-state index is 10.7. The molecular weight excluding hydrogens is 623 g/mol. The monoisotopic (exact) mass is 655 g/mol. The zero-order valence-corrected chi connectivity index (χ0v) is 26.2. The lowest BCUT2D eigenvalue weighted by Gasteiger charge is -2.16. The molecule has 0 saturated heterocycles. The van der Waals surface area contributed by atoms with Crippen LogP contribution in [0, 0.1) is 0 Å². The SMILES string of the molecule is C(=C\c1cc2ccccc2[n+]2c1-c1c(ccc3c1-c1cccc[n+]1CCC3)CCC2)/c1ccc2[nH]ccc2c1.O=S(=O)(O)C(F)(F)F. The molecule has 2 aliphatic rings. The van der Waals surface area contributed by atoms with E-state index in [4.69, 9.17) is 13.0 Å². The average Bonchev–Trinajstić information content (AvgIpc) is 3.32. The molecule has 2 N–H and O–H groups in total. The van der Waals surface area contributed by atoms with Crippen molar-refractivity contribution >= 4 is 44.1 Å². The highest BCUT2D eigenvalue weighted by Gasteiger charge is 2.44. The number of rotatable bonds is 2. The first-order valence-electron chi connectivity index (χ1n) is 15.5. The molecule has 0 radical (unpaired) electrons. The van der Waals surface area contributed by atoms with Gasteiger partial charge in [0.15, 0.2) is 6.20 Å². The van der Waals surface area contributed by atoms with Crippen LogP contribution in [-0.4, -0.2) is 23.5 Å². The molecule has 8 rings (SSSR count). The Morgan fingerprint density at radius 2 is 1.51 bits per heavy atom. The normalized spacial score (nSPS) is 14.4. The number of H-pyrrole nitrogens is 1. The van der Waals surface area contributed by atoms with E-state index in [-0.39, 0.29) is 0 Å². The highest BCUT2D eigenvalue weighted by Crippen LogP contribution is 2.41. The number of alkyl halides is 3. The first-order chi connectivity index (χ1) is 22.6. The minimum atomic E-state index is -5.84. The number of hydrogen-bond donors (Lipinski definition) is 2. The summed E-state index contributed by atoms with van der Waals surface area (Å²) in [6, 6.07) is 31.6. The molecule has 6 nitrogen and oxygen atoms in total. The number of halogens is 3. The van der Waals surface area contributed by atoms with E-state index < -0.39 is 15.6 Å². The van der Waals surface area contributed by atoms with Gasteiger partial charge in [0.25, 0.3) is 0 Å². The summed E-state index contributed by atoms with van der Waals surface area (Å²) >= 11 is 0. The van der Waals surface area contributed by atoms with Crippen molar-refractivity contribution in [2.75, 3.05) is 0 Å². The Hall–Kier alpha value is -4.80. The summed E-state index contributed by atoms with van der Waals surface area (Å²) < 4.78 is 62.6. The molecule has 2 aliphatic heterocycles. The molecule has 0 fully saturated rings. The van der Waals surface area contributed by atoms with Gasteiger partial charge in [0.05, 0.1) is 11.1 Å². The fraction of sp³-hybridized carbons (Fsp3) is 0.189. The Morgan fingerprint density at radius 1 is 0.787 bits per heavy atom. The quantitative estimate of drug-likeness (QED) is 0.114. The van der Waals surface area contributed by atoms with E-state index in [2.05, 4.69) is 117 Å². The highest BCUT2D eigenvalue weighted by molar-refractivity contribution is 7.86. The van der Waals surface area contributed by atoms with E-state index in [1.807, 2.05) is 6.20 Å². The summed E-state index contributed by atoms with van der Waals surface area (Å²) in [5, 5.41) is 2.54. The summed E-state index contributed by atoms with van der Waals surface area (Å²) in [5.74, 6) is 0. The van der Waals surface area contributed by atoms with Crippen molar-refractivity contribution in [3.05, 3.63) is 120 Å². The smallest absolute Gasteiger partial charge is 0.361 e. The number of hydrogen-bond acceptors (Lipinski definition) is 2. The molecule has 3 aromatic heterocycles. The predicted molar refractivity (Wildman–Crippen MR) is 177 cm³/mol. The van der Waals surface area contributed by atoms with Crippen molar-refractivity contribution in [2.24, 2.45) is 0 Å². The first-order valence-corrected chi connectivity index (χ1v) is 16.9. The molecule has 238 valence electrons. The third-order valence-electron chi connectivity index (χ3n) is 8.89. The molecule has 0 atom stereocenters. The van der Waals surface area contributed by atoms with Gasteiger partial charge in [0.1, 0.15) is 13.1 Å². The van der Waals surface area contributed by atoms with Gasteiger partial charge in [0, 0.05) is 53.7 Å². The second kappa shape index (κ2) is 12.1. The lowest BCUT2D eigenvalue weighted by atomic mass is 9.87. The van der Waals surface area contributed by atoms with Gasteiger partial charge in [-0.3, -0.25) is 4.55 Å². The van der Waals surface area contributed by atoms with Gasteiger partial charge in [-0.15, -0.1) is 0 Å². The van der Waals surface area contributed by atoms with Crippen molar-refractivity contribution in [3.8, 4) is 22.5 Å². The molecule has 3 aromatic carbocycles. The van der Waals surface area contributed by atoms with E-state index in [0.29, 0.717) is 0 Å². The third-order valence-corrected chi connectivity index (χ3v) is 9.48. The molecular formula is C37H32F3N3O3S+2. The van der Waals surface area contributed by atoms with E-state index in [1.165, 1.54) is 73.0 Å².